The van der Waals surface area contributed by atoms with Crippen LogP contribution in [0.15, 0.2) is 48.8 Å². The second-order valence-electron chi connectivity index (χ2n) is 6.18. The zero-order valence-corrected chi connectivity index (χ0v) is 16.6. The lowest BCUT2D eigenvalue weighted by Gasteiger charge is -2.05. The normalized spacial score (nSPS) is 10.6. The first-order chi connectivity index (χ1) is 13.3. The number of nitrogens with zero attached hydrogens (tertiary/aromatic N) is 3. The fourth-order valence-electron chi connectivity index (χ4n) is 2.91. The molecule has 0 saturated heterocycles. The maximum absolute atomic E-state index is 10.9. The quantitative estimate of drug-likeness (QED) is 0.181. The van der Waals surface area contributed by atoms with Gasteiger partial charge in [0.25, 0.3) is 5.69 Å². The first-order valence-corrected chi connectivity index (χ1v) is 9.04. The van der Waals surface area contributed by atoms with Crippen LogP contribution in [-0.4, -0.2) is 14.9 Å². The van der Waals surface area contributed by atoms with E-state index in [0.29, 0.717) is 21.5 Å². The SMILES string of the molecule is Cc1ccc2c(Cl)nccc2c1N.Cc1ccc2c(Cl)nccc2c1[N+](=O)[O-]. The molecule has 0 unspecified atom stereocenters. The van der Waals surface area contributed by atoms with Crippen molar-refractivity contribution in [3.05, 3.63) is 80.3 Å². The molecule has 2 aromatic carbocycles. The Bertz CT molecular complexity index is 1210. The summed E-state index contributed by atoms with van der Waals surface area (Å²) in [6.07, 6.45) is 3.14. The van der Waals surface area contributed by atoms with Crippen molar-refractivity contribution in [1.29, 1.82) is 0 Å². The zero-order chi connectivity index (χ0) is 20.4. The molecule has 8 heteroatoms. The zero-order valence-electron chi connectivity index (χ0n) is 15.1. The minimum Gasteiger partial charge on any atom is -0.398 e. The number of aryl methyl sites for hydroxylation is 2. The Balaban J connectivity index is 0.000000162. The Morgan fingerprint density at radius 3 is 1.89 bits per heavy atom. The van der Waals surface area contributed by atoms with Crippen molar-refractivity contribution < 1.29 is 4.92 Å². The van der Waals surface area contributed by atoms with E-state index >= 15 is 0 Å². The van der Waals surface area contributed by atoms with Gasteiger partial charge >= 0.3 is 0 Å². The predicted octanol–water partition coefficient (Wildman–Crippen LogP) is 5.88. The monoisotopic (exact) mass is 414 g/mol. The van der Waals surface area contributed by atoms with Crippen molar-refractivity contribution in [2.45, 2.75) is 13.8 Å². The summed E-state index contributed by atoms with van der Waals surface area (Å²) >= 11 is 11.8. The molecule has 4 rings (SSSR count). The molecule has 0 amide bonds. The van der Waals surface area contributed by atoms with Gasteiger partial charge < -0.3 is 5.73 Å². The van der Waals surface area contributed by atoms with E-state index in [0.717, 1.165) is 22.0 Å². The molecular weight excluding hydrogens is 399 g/mol. The molecule has 0 spiro atoms. The van der Waals surface area contributed by atoms with Crippen LogP contribution in [0.1, 0.15) is 11.1 Å². The minimum atomic E-state index is -0.395. The van der Waals surface area contributed by atoms with Gasteiger partial charge in [-0.25, -0.2) is 9.97 Å². The molecule has 2 N–H and O–H groups in total. The number of halogens is 2. The molecule has 0 saturated carbocycles. The third kappa shape index (κ3) is 3.69. The van der Waals surface area contributed by atoms with Gasteiger partial charge in [-0.05, 0) is 31.5 Å². The first kappa shape index (κ1) is 19.8. The Labute approximate surface area is 171 Å². The molecule has 142 valence electrons. The maximum Gasteiger partial charge on any atom is 0.280 e. The number of nitro groups is 1. The molecule has 0 bridgehead atoms. The number of anilines is 1. The van der Waals surface area contributed by atoms with Gasteiger partial charge in [0, 0.05) is 39.8 Å². The fourth-order valence-corrected chi connectivity index (χ4v) is 3.35. The van der Waals surface area contributed by atoms with Crippen LogP contribution >= 0.6 is 23.2 Å². The number of pyridine rings is 2. The average molecular weight is 415 g/mol. The highest BCUT2D eigenvalue weighted by Crippen LogP contribution is 2.31. The molecule has 0 atom stereocenters. The summed E-state index contributed by atoms with van der Waals surface area (Å²) in [5.41, 5.74) is 8.46. The number of rotatable bonds is 1. The topological polar surface area (TPSA) is 94.9 Å². The van der Waals surface area contributed by atoms with Crippen LogP contribution in [0.25, 0.3) is 21.5 Å². The Hall–Kier alpha value is -2.96. The summed E-state index contributed by atoms with van der Waals surface area (Å²) in [6, 6.07) is 10.8. The number of hydrogen-bond donors (Lipinski definition) is 1. The lowest BCUT2D eigenvalue weighted by molar-refractivity contribution is -0.383. The Morgan fingerprint density at radius 1 is 0.821 bits per heavy atom. The highest BCUT2D eigenvalue weighted by molar-refractivity contribution is 6.35. The molecule has 28 heavy (non-hydrogen) atoms. The van der Waals surface area contributed by atoms with Crippen LogP contribution in [0.3, 0.4) is 0 Å². The number of aromatic nitrogens is 2. The van der Waals surface area contributed by atoms with E-state index in [-0.39, 0.29) is 10.8 Å². The molecule has 2 aromatic heterocycles. The predicted molar refractivity (Wildman–Crippen MR) is 114 cm³/mol. The minimum absolute atomic E-state index is 0.0943. The molecule has 0 fully saturated rings. The van der Waals surface area contributed by atoms with E-state index in [2.05, 4.69) is 9.97 Å². The van der Waals surface area contributed by atoms with Crippen molar-refractivity contribution in [3.8, 4) is 0 Å². The van der Waals surface area contributed by atoms with Gasteiger partial charge in [-0.1, -0.05) is 47.5 Å². The van der Waals surface area contributed by atoms with E-state index in [1.54, 1.807) is 31.3 Å². The highest BCUT2D eigenvalue weighted by Gasteiger charge is 2.16. The van der Waals surface area contributed by atoms with Crippen LogP contribution in [0.5, 0.6) is 0 Å². The van der Waals surface area contributed by atoms with E-state index < -0.39 is 4.92 Å². The second-order valence-corrected chi connectivity index (χ2v) is 6.89. The van der Waals surface area contributed by atoms with Crippen LogP contribution in [0.2, 0.25) is 10.3 Å². The van der Waals surface area contributed by atoms with Crippen LogP contribution in [0, 0.1) is 24.0 Å². The number of hydrogen-bond acceptors (Lipinski definition) is 5. The van der Waals surface area contributed by atoms with Crippen molar-refractivity contribution >= 4 is 56.1 Å². The summed E-state index contributed by atoms with van der Waals surface area (Å²) in [5.74, 6) is 0. The Kier molecular flexibility index (Phi) is 5.63. The molecule has 0 aliphatic rings. The van der Waals surface area contributed by atoms with Gasteiger partial charge in [0.1, 0.15) is 10.3 Å². The largest absolute Gasteiger partial charge is 0.398 e. The first-order valence-electron chi connectivity index (χ1n) is 8.28. The standard InChI is InChI=1S/C10H7ClN2O2.C10H9ClN2/c1-6-2-3-8-7(9(6)13(14)15)4-5-12-10(8)11;1-6-2-3-8-7(9(6)12)4-5-13-10(8)11/h2-5H,1H3;2-5H,12H2,1H3. The molecule has 2 heterocycles. The average Bonchev–Trinajstić information content (AvgIpc) is 2.65. The smallest absolute Gasteiger partial charge is 0.280 e. The lowest BCUT2D eigenvalue weighted by atomic mass is 10.1. The van der Waals surface area contributed by atoms with Crippen molar-refractivity contribution in [2.75, 3.05) is 5.73 Å². The highest BCUT2D eigenvalue weighted by atomic mass is 35.5. The lowest BCUT2D eigenvalue weighted by Crippen LogP contribution is -1.93. The second kappa shape index (κ2) is 7.96. The number of nitrogen functional groups attached to an aromatic ring is 1. The van der Waals surface area contributed by atoms with Crippen LogP contribution < -0.4 is 5.73 Å². The van der Waals surface area contributed by atoms with Gasteiger partial charge in [-0.3, -0.25) is 10.1 Å². The fraction of sp³-hybridized carbons (Fsp3) is 0.100. The molecule has 6 nitrogen and oxygen atoms in total. The van der Waals surface area contributed by atoms with Gasteiger partial charge in [0.15, 0.2) is 0 Å². The molecule has 0 radical (unpaired) electrons. The van der Waals surface area contributed by atoms with Gasteiger partial charge in [0.2, 0.25) is 0 Å². The third-order valence-electron chi connectivity index (χ3n) is 4.41. The van der Waals surface area contributed by atoms with E-state index in [4.69, 9.17) is 28.9 Å². The number of fused-ring (bicyclic) bond motifs is 2. The van der Waals surface area contributed by atoms with Gasteiger partial charge in [-0.2, -0.15) is 0 Å². The Morgan fingerprint density at radius 2 is 1.32 bits per heavy atom. The van der Waals surface area contributed by atoms with Crippen molar-refractivity contribution in [2.24, 2.45) is 0 Å². The molecule has 4 aromatic rings. The van der Waals surface area contributed by atoms with E-state index in [1.165, 1.54) is 6.20 Å². The van der Waals surface area contributed by atoms with Gasteiger partial charge in [-0.15, -0.1) is 0 Å². The third-order valence-corrected chi connectivity index (χ3v) is 5.01. The van der Waals surface area contributed by atoms with Crippen molar-refractivity contribution in [3.63, 3.8) is 0 Å². The summed E-state index contributed by atoms with van der Waals surface area (Å²) in [6.45, 7) is 3.68. The number of benzene rings is 2. The summed E-state index contributed by atoms with van der Waals surface area (Å²) < 4.78 is 0. The number of nitro benzene ring substituents is 1. The van der Waals surface area contributed by atoms with E-state index in [9.17, 15) is 10.1 Å². The molecule has 0 aliphatic carbocycles. The van der Waals surface area contributed by atoms with Crippen LogP contribution in [-0.2, 0) is 0 Å². The molecule has 0 aliphatic heterocycles. The van der Waals surface area contributed by atoms with Crippen molar-refractivity contribution in [1.82, 2.24) is 9.97 Å². The van der Waals surface area contributed by atoms with Crippen LogP contribution in [0.4, 0.5) is 11.4 Å². The summed E-state index contributed by atoms with van der Waals surface area (Å²) in [5, 5.41) is 14.7. The van der Waals surface area contributed by atoms with E-state index in [1.807, 2.05) is 25.1 Å². The molecular formula is C20H16Cl2N4O2. The maximum atomic E-state index is 10.9. The summed E-state index contributed by atoms with van der Waals surface area (Å²) in [7, 11) is 0. The van der Waals surface area contributed by atoms with Gasteiger partial charge in [0.05, 0.1) is 10.3 Å². The summed E-state index contributed by atoms with van der Waals surface area (Å²) in [4.78, 5) is 18.4. The number of nitrogens with two attached hydrogens (primary N) is 1.